The Hall–Kier alpha value is -1.84. The third-order valence-corrected chi connectivity index (χ3v) is 6.70. The molecule has 0 atom stereocenters. The number of alkyl halides is 3. The minimum atomic E-state index is -5.62. The quantitative estimate of drug-likeness (QED) is 0.432. The number of fused-ring (bicyclic) bond motifs is 2. The first-order valence-electron chi connectivity index (χ1n) is 8.09. The van der Waals surface area contributed by atoms with Gasteiger partial charge in [0, 0.05) is 26.9 Å². The van der Waals surface area contributed by atoms with Gasteiger partial charge in [-0.1, -0.05) is 48.6 Å². The van der Waals surface area contributed by atoms with Gasteiger partial charge in [0.1, 0.15) is 5.76 Å². The van der Waals surface area contributed by atoms with Gasteiger partial charge in [0.05, 0.1) is 0 Å². The zero-order chi connectivity index (χ0) is 20.2. The number of hydrogen-bond donors (Lipinski definition) is 0. The molecule has 148 valence electrons. The second-order valence-corrected chi connectivity index (χ2v) is 9.27. The molecule has 0 aromatic heterocycles. The molecule has 28 heavy (non-hydrogen) atoms. The van der Waals surface area contributed by atoms with Crippen LogP contribution < -0.4 is 0 Å². The summed E-state index contributed by atoms with van der Waals surface area (Å²) in [5, 5.41) is 0. The van der Waals surface area contributed by atoms with Crippen LogP contribution in [0.25, 0.3) is 11.8 Å². The first-order chi connectivity index (χ1) is 13.3. The van der Waals surface area contributed by atoms with Crippen molar-refractivity contribution >= 4 is 45.5 Å². The number of halogens is 3. The van der Waals surface area contributed by atoms with Crippen molar-refractivity contribution in [3.8, 4) is 0 Å². The minimum absolute atomic E-state index is 0.276. The molecule has 0 saturated heterocycles. The van der Waals surface area contributed by atoms with Crippen LogP contribution in [-0.2, 0) is 14.3 Å². The van der Waals surface area contributed by atoms with Crippen molar-refractivity contribution in [3.05, 3.63) is 71.8 Å². The van der Waals surface area contributed by atoms with Crippen molar-refractivity contribution in [3.63, 3.8) is 0 Å². The average molecular weight is 445 g/mol. The molecule has 0 radical (unpaired) electrons. The predicted octanol–water partition coefficient (Wildman–Crippen LogP) is 5.80. The van der Waals surface area contributed by atoms with Crippen molar-refractivity contribution in [2.75, 3.05) is 11.5 Å². The fourth-order valence-corrected chi connectivity index (χ4v) is 4.67. The van der Waals surface area contributed by atoms with Gasteiger partial charge >= 0.3 is 15.6 Å². The van der Waals surface area contributed by atoms with Crippen molar-refractivity contribution in [2.45, 2.75) is 15.3 Å². The molecule has 0 amide bonds. The fourth-order valence-electron chi connectivity index (χ4n) is 2.42. The lowest BCUT2D eigenvalue weighted by atomic mass is 10.2. The van der Waals surface area contributed by atoms with E-state index in [4.69, 9.17) is 0 Å². The van der Waals surface area contributed by atoms with Crippen molar-refractivity contribution < 1.29 is 25.8 Å². The van der Waals surface area contributed by atoms with Gasteiger partial charge in [-0.25, -0.2) is 0 Å². The normalized spacial score (nSPS) is 15.5. The smallest absolute Gasteiger partial charge is 0.376 e. The lowest BCUT2D eigenvalue weighted by Gasteiger charge is -2.18. The third kappa shape index (κ3) is 4.95. The molecule has 0 saturated carbocycles. The summed E-state index contributed by atoms with van der Waals surface area (Å²) in [7, 11) is -5.62. The van der Waals surface area contributed by atoms with Crippen LogP contribution in [0.2, 0.25) is 0 Å². The van der Waals surface area contributed by atoms with Crippen molar-refractivity contribution in [1.29, 1.82) is 0 Å². The summed E-state index contributed by atoms with van der Waals surface area (Å²) in [6.07, 6.45) is 5.70. The molecule has 0 fully saturated rings. The van der Waals surface area contributed by atoms with Crippen molar-refractivity contribution in [2.24, 2.45) is 0 Å². The molecular formula is C19H15F3O3S3. The van der Waals surface area contributed by atoms with Crippen molar-refractivity contribution in [1.82, 2.24) is 0 Å². The van der Waals surface area contributed by atoms with Crippen LogP contribution in [0.4, 0.5) is 13.2 Å². The molecule has 2 heterocycles. The number of rotatable bonds is 2. The Bertz CT molecular complexity index is 1010. The van der Waals surface area contributed by atoms with E-state index in [1.165, 1.54) is 34.4 Å². The van der Waals surface area contributed by atoms with E-state index < -0.39 is 15.6 Å². The van der Waals surface area contributed by atoms with E-state index in [0.29, 0.717) is 16.2 Å². The first-order valence-corrected chi connectivity index (χ1v) is 11.5. The maximum atomic E-state index is 12.2. The fraction of sp³-hybridized carbons (Fsp3) is 0.158. The second-order valence-electron chi connectivity index (χ2n) is 5.61. The molecule has 0 spiro atoms. The van der Waals surface area contributed by atoms with E-state index in [1.807, 2.05) is 11.8 Å². The molecule has 2 aliphatic heterocycles. The Kier molecular flexibility index (Phi) is 6.47. The van der Waals surface area contributed by atoms with E-state index >= 15 is 0 Å². The molecule has 0 N–H and O–H groups in total. The van der Waals surface area contributed by atoms with Gasteiger partial charge in [-0.15, -0.1) is 23.5 Å². The molecule has 3 nitrogen and oxygen atoms in total. The Balaban J connectivity index is 0.000000188. The monoisotopic (exact) mass is 444 g/mol. The van der Waals surface area contributed by atoms with E-state index in [-0.39, 0.29) is 5.76 Å². The Morgan fingerprint density at radius 2 is 1.54 bits per heavy atom. The topological polar surface area (TPSA) is 43.4 Å². The van der Waals surface area contributed by atoms with Crippen LogP contribution in [0.1, 0.15) is 11.1 Å². The Labute approximate surface area is 169 Å². The van der Waals surface area contributed by atoms with E-state index in [1.54, 1.807) is 18.2 Å². The van der Waals surface area contributed by atoms with Gasteiger partial charge in [-0.05, 0) is 23.8 Å². The zero-order valence-corrected chi connectivity index (χ0v) is 16.8. The molecule has 2 aromatic carbocycles. The highest BCUT2D eigenvalue weighted by atomic mass is 32.2. The van der Waals surface area contributed by atoms with Gasteiger partial charge in [0.15, 0.2) is 0 Å². The summed E-state index contributed by atoms with van der Waals surface area (Å²) in [6, 6.07) is 15.0. The first kappa shape index (κ1) is 20.9. The standard InChI is InChI=1S/C10H7F3O3S2.C9H8S/c11-10(12,13)18(14,15)16-8-5-6-17-9-4-2-1-3-7(8)9;1-2-6-9-8(4-1)5-3-7-10-9/h1-5H,6H2;1-6H,7H2. The van der Waals surface area contributed by atoms with Crippen LogP contribution in [-0.4, -0.2) is 25.4 Å². The van der Waals surface area contributed by atoms with E-state index in [0.717, 1.165) is 5.75 Å². The summed E-state index contributed by atoms with van der Waals surface area (Å²) in [6.45, 7) is 0. The molecule has 0 aliphatic carbocycles. The molecular weight excluding hydrogens is 429 g/mol. The summed E-state index contributed by atoms with van der Waals surface area (Å²) in [5.74, 6) is 1.21. The van der Waals surface area contributed by atoms with Gasteiger partial charge in [-0.3, -0.25) is 0 Å². The lowest BCUT2D eigenvalue weighted by molar-refractivity contribution is -0.0509. The highest BCUT2D eigenvalue weighted by molar-refractivity contribution is 7.99. The van der Waals surface area contributed by atoms with Crippen LogP contribution in [0.3, 0.4) is 0 Å². The van der Waals surface area contributed by atoms with Crippen LogP contribution in [0, 0.1) is 0 Å². The summed E-state index contributed by atoms with van der Waals surface area (Å²) >= 11 is 3.30. The summed E-state index contributed by atoms with van der Waals surface area (Å²) in [5.41, 5.74) is -3.71. The van der Waals surface area contributed by atoms with Crippen LogP contribution in [0.15, 0.2) is 70.5 Å². The SMILES string of the molecule is C1=Cc2ccccc2SC1.O=S(=O)(OC1=CCSc2ccccc21)C(F)(F)F. The molecule has 2 aliphatic rings. The maximum Gasteiger partial charge on any atom is 0.534 e. The van der Waals surface area contributed by atoms with E-state index in [2.05, 4.69) is 40.6 Å². The van der Waals surface area contributed by atoms with Gasteiger partial charge in [0.2, 0.25) is 0 Å². The molecule has 2 aromatic rings. The number of thioether (sulfide) groups is 2. The number of hydrogen-bond acceptors (Lipinski definition) is 5. The Morgan fingerprint density at radius 1 is 0.893 bits per heavy atom. The molecule has 4 rings (SSSR count). The molecule has 9 heteroatoms. The maximum absolute atomic E-state index is 12.2. The largest absolute Gasteiger partial charge is 0.534 e. The third-order valence-electron chi connectivity index (χ3n) is 3.69. The van der Waals surface area contributed by atoms with Gasteiger partial charge in [0.25, 0.3) is 0 Å². The van der Waals surface area contributed by atoms with Gasteiger partial charge < -0.3 is 4.18 Å². The highest BCUT2D eigenvalue weighted by Crippen LogP contribution is 2.37. The number of benzene rings is 2. The molecule has 0 bridgehead atoms. The highest BCUT2D eigenvalue weighted by Gasteiger charge is 2.49. The summed E-state index contributed by atoms with van der Waals surface area (Å²) in [4.78, 5) is 2.09. The predicted molar refractivity (Wildman–Crippen MR) is 107 cm³/mol. The van der Waals surface area contributed by atoms with E-state index in [9.17, 15) is 21.6 Å². The lowest BCUT2D eigenvalue weighted by Crippen LogP contribution is -2.25. The zero-order valence-electron chi connectivity index (χ0n) is 14.3. The summed E-state index contributed by atoms with van der Waals surface area (Å²) < 4.78 is 62.7. The average Bonchev–Trinajstić information content (AvgIpc) is 2.68. The Morgan fingerprint density at radius 3 is 2.25 bits per heavy atom. The van der Waals surface area contributed by atoms with Crippen LogP contribution >= 0.6 is 23.5 Å². The second kappa shape index (κ2) is 8.67. The minimum Gasteiger partial charge on any atom is -0.376 e. The van der Waals surface area contributed by atoms with Gasteiger partial charge in [-0.2, -0.15) is 21.6 Å². The van der Waals surface area contributed by atoms with Crippen LogP contribution in [0.5, 0.6) is 0 Å². The molecule has 0 unspecified atom stereocenters.